The van der Waals surface area contributed by atoms with E-state index in [4.69, 9.17) is 30.2 Å². The number of aromatic nitrogens is 3. The molecule has 2 heterocycles. The molecule has 16 heteroatoms. The molecule has 4 aromatic rings. The van der Waals surface area contributed by atoms with Crippen LogP contribution >= 0.6 is 11.6 Å². The summed E-state index contributed by atoms with van der Waals surface area (Å²) in [5, 5.41) is 7.92. The molecule has 1 aliphatic heterocycles. The van der Waals surface area contributed by atoms with E-state index in [-0.39, 0.29) is 29.6 Å². The Kier molecular flexibility index (Phi) is 11.1. The quantitative estimate of drug-likeness (QED) is 0.108. The topological polar surface area (TPSA) is 109 Å². The van der Waals surface area contributed by atoms with E-state index >= 15 is 0 Å². The van der Waals surface area contributed by atoms with Crippen molar-refractivity contribution in [2.45, 2.75) is 57.7 Å². The fraction of sp³-hybridized carbons (Fsp3) is 0.400. The van der Waals surface area contributed by atoms with Crippen LogP contribution in [0.1, 0.15) is 37.9 Å². The molecule has 1 N–H and O–H groups in total. The van der Waals surface area contributed by atoms with E-state index in [1.54, 1.807) is 36.4 Å². The zero-order valence-electron chi connectivity index (χ0n) is 29.4. The summed E-state index contributed by atoms with van der Waals surface area (Å²) in [6.07, 6.45) is -1.69. The zero-order valence-corrected chi connectivity index (χ0v) is 31.2. The molecular weight excluding hydrogens is 707 g/mol. The highest BCUT2D eigenvalue weighted by Gasteiger charge is 2.38. The van der Waals surface area contributed by atoms with E-state index in [0.717, 1.165) is 0 Å². The Morgan fingerprint density at radius 3 is 2.41 bits per heavy atom. The molecule has 0 spiro atoms. The fourth-order valence-corrected chi connectivity index (χ4v) is 6.57. The second-order valence-corrected chi connectivity index (χ2v) is 18.6. The van der Waals surface area contributed by atoms with Crippen molar-refractivity contribution in [1.82, 2.24) is 14.8 Å². The van der Waals surface area contributed by atoms with Crippen LogP contribution in [0.3, 0.4) is 0 Å². The average molecular weight is 748 g/mol. The van der Waals surface area contributed by atoms with Crippen molar-refractivity contribution >= 4 is 37.2 Å². The van der Waals surface area contributed by atoms with Crippen LogP contribution in [0.2, 0.25) is 23.2 Å². The SMILES string of the molecule is COc1cc(NC(C(=O)N2CCc3cc(OC)c(OC(F)(F)F)cc32)c2ccc(Cl)cc2OCCO[Si](C)(C)C(C)(C)C)cc(-n2cncn2)c1. The van der Waals surface area contributed by atoms with Crippen molar-refractivity contribution in [2.75, 3.05) is 44.2 Å². The minimum Gasteiger partial charge on any atom is -0.497 e. The van der Waals surface area contributed by atoms with Crippen LogP contribution in [0.15, 0.2) is 61.2 Å². The van der Waals surface area contributed by atoms with Crippen LogP contribution in [0.5, 0.6) is 23.0 Å². The highest BCUT2D eigenvalue weighted by molar-refractivity contribution is 6.74. The molecule has 1 amide bonds. The monoisotopic (exact) mass is 747 g/mol. The first-order valence-electron chi connectivity index (χ1n) is 16.1. The van der Waals surface area contributed by atoms with Crippen molar-refractivity contribution in [2.24, 2.45) is 0 Å². The van der Waals surface area contributed by atoms with Gasteiger partial charge >= 0.3 is 6.36 Å². The molecule has 1 unspecified atom stereocenters. The maximum Gasteiger partial charge on any atom is 0.573 e. The number of fused-ring (bicyclic) bond motifs is 1. The summed E-state index contributed by atoms with van der Waals surface area (Å²) in [5.41, 5.74) is 2.41. The Labute approximate surface area is 300 Å². The number of amides is 1. The molecule has 3 aromatic carbocycles. The lowest BCUT2D eigenvalue weighted by molar-refractivity contribution is -0.275. The summed E-state index contributed by atoms with van der Waals surface area (Å²) in [5.74, 6) is -0.316. The third kappa shape index (κ3) is 8.89. The second-order valence-electron chi connectivity index (χ2n) is 13.4. The normalized spacial score (nSPS) is 13.8. The van der Waals surface area contributed by atoms with E-state index in [2.05, 4.69) is 54.0 Å². The molecule has 0 bridgehead atoms. The Morgan fingerprint density at radius 1 is 1.00 bits per heavy atom. The Balaban J connectivity index is 1.55. The van der Waals surface area contributed by atoms with E-state index in [1.807, 2.05) is 0 Å². The molecular formula is C35H41ClF3N5O6Si. The summed E-state index contributed by atoms with van der Waals surface area (Å²) < 4.78 is 69.2. The predicted molar refractivity (Wildman–Crippen MR) is 190 cm³/mol. The molecule has 1 atom stereocenters. The summed E-state index contributed by atoms with van der Waals surface area (Å²) in [4.78, 5) is 20.2. The third-order valence-corrected chi connectivity index (χ3v) is 13.8. The average Bonchev–Trinajstić information content (AvgIpc) is 3.74. The van der Waals surface area contributed by atoms with Crippen LogP contribution in [-0.2, 0) is 15.6 Å². The molecule has 274 valence electrons. The first-order chi connectivity index (χ1) is 24.0. The number of ether oxygens (including phenoxy) is 4. The van der Waals surface area contributed by atoms with Crippen molar-refractivity contribution in [3.63, 3.8) is 0 Å². The minimum atomic E-state index is -4.98. The number of alkyl halides is 3. The summed E-state index contributed by atoms with van der Waals surface area (Å²) in [6, 6.07) is 11.7. The molecule has 0 fully saturated rings. The fourth-order valence-electron chi connectivity index (χ4n) is 5.38. The Bertz CT molecular complexity index is 1850. The zero-order chi connectivity index (χ0) is 37.1. The van der Waals surface area contributed by atoms with Crippen LogP contribution in [-0.4, -0.2) is 69.3 Å². The molecule has 0 radical (unpaired) electrons. The summed E-state index contributed by atoms with van der Waals surface area (Å²) in [7, 11) is 0.702. The molecule has 0 aliphatic carbocycles. The highest BCUT2D eigenvalue weighted by Crippen LogP contribution is 2.43. The summed E-state index contributed by atoms with van der Waals surface area (Å²) >= 11 is 6.45. The number of benzene rings is 3. The van der Waals surface area contributed by atoms with Crippen molar-refractivity contribution in [1.29, 1.82) is 0 Å². The van der Waals surface area contributed by atoms with E-state index < -0.39 is 32.4 Å². The van der Waals surface area contributed by atoms with Gasteiger partial charge in [-0.2, -0.15) is 5.10 Å². The van der Waals surface area contributed by atoms with Crippen molar-refractivity contribution in [3.8, 4) is 28.7 Å². The van der Waals surface area contributed by atoms with Crippen LogP contribution in [0.25, 0.3) is 5.69 Å². The first-order valence-corrected chi connectivity index (χ1v) is 19.4. The van der Waals surface area contributed by atoms with Gasteiger partial charge in [0, 0.05) is 41.0 Å². The number of hydrogen-bond donors (Lipinski definition) is 1. The number of nitrogens with one attached hydrogen (secondary N) is 1. The number of carbonyl (C=O) groups excluding carboxylic acids is 1. The molecule has 0 saturated heterocycles. The standard InChI is InChI=1S/C35H41ClF3N5O6Si/c1-34(2,3)51(6,7)49-13-12-48-29-15-23(36)8-9-27(29)32(42-24-16-25(18-26(17-24)46-4)44-21-40-20-41-44)33(45)43-11-10-22-14-30(47-5)31(19-28(22)43)50-35(37,38)39/h8-9,14-21,32,42H,10-13H2,1-7H3. The van der Waals surface area contributed by atoms with E-state index in [0.29, 0.717) is 52.1 Å². The predicted octanol–water partition coefficient (Wildman–Crippen LogP) is 7.98. The van der Waals surface area contributed by atoms with Gasteiger partial charge in [-0.05, 0) is 54.4 Å². The van der Waals surface area contributed by atoms with Crippen LogP contribution < -0.4 is 29.2 Å². The molecule has 51 heavy (non-hydrogen) atoms. The Morgan fingerprint density at radius 2 is 1.76 bits per heavy atom. The highest BCUT2D eigenvalue weighted by atomic mass is 35.5. The van der Waals surface area contributed by atoms with Gasteiger partial charge in [0.15, 0.2) is 19.8 Å². The maximum atomic E-state index is 14.7. The van der Waals surface area contributed by atoms with Crippen LogP contribution in [0.4, 0.5) is 24.5 Å². The number of halogens is 4. The van der Waals surface area contributed by atoms with Crippen LogP contribution in [0, 0.1) is 0 Å². The first kappa shape index (κ1) is 37.8. The Hall–Kier alpha value is -4.47. The van der Waals surface area contributed by atoms with Gasteiger partial charge in [0.05, 0.1) is 32.2 Å². The molecule has 1 aromatic heterocycles. The second kappa shape index (κ2) is 15.0. The lowest BCUT2D eigenvalue weighted by Gasteiger charge is -2.36. The molecule has 11 nitrogen and oxygen atoms in total. The van der Waals surface area contributed by atoms with Crippen molar-refractivity contribution < 1.29 is 41.3 Å². The number of anilines is 2. The van der Waals surface area contributed by atoms with Gasteiger partial charge < -0.3 is 33.6 Å². The molecule has 5 rings (SSSR count). The number of rotatable bonds is 13. The van der Waals surface area contributed by atoms with Gasteiger partial charge in [-0.3, -0.25) is 4.79 Å². The van der Waals surface area contributed by atoms with Gasteiger partial charge in [0.2, 0.25) is 0 Å². The maximum absolute atomic E-state index is 14.7. The van der Waals surface area contributed by atoms with Gasteiger partial charge in [-0.15, -0.1) is 13.2 Å². The number of hydrogen-bond acceptors (Lipinski definition) is 9. The molecule has 0 saturated carbocycles. The lowest BCUT2D eigenvalue weighted by atomic mass is 10.0. The van der Waals surface area contributed by atoms with Gasteiger partial charge in [0.25, 0.3) is 5.91 Å². The van der Waals surface area contributed by atoms with E-state index in [1.165, 1.54) is 48.6 Å². The van der Waals surface area contributed by atoms with Gasteiger partial charge in [0.1, 0.15) is 36.8 Å². The third-order valence-electron chi connectivity index (χ3n) is 9.02. The van der Waals surface area contributed by atoms with Crippen molar-refractivity contribution in [3.05, 3.63) is 77.3 Å². The number of nitrogens with zero attached hydrogens (tertiary/aromatic N) is 4. The minimum absolute atomic E-state index is 0.00147. The van der Waals surface area contributed by atoms with Gasteiger partial charge in [-0.1, -0.05) is 38.4 Å². The molecule has 1 aliphatic rings. The number of methoxy groups -OCH3 is 2. The lowest BCUT2D eigenvalue weighted by Crippen LogP contribution is -2.41. The van der Waals surface area contributed by atoms with Gasteiger partial charge in [-0.25, -0.2) is 9.67 Å². The number of carbonyl (C=O) groups is 1. The van der Waals surface area contributed by atoms with E-state index in [9.17, 15) is 18.0 Å². The summed E-state index contributed by atoms with van der Waals surface area (Å²) in [6.45, 7) is 11.4. The largest absolute Gasteiger partial charge is 0.573 e. The smallest absolute Gasteiger partial charge is 0.497 e.